The molecule has 19 nitrogen and oxygen atoms in total. The number of carbonyl (C=O) groups excluding carboxylic acids is 1. The maximum atomic E-state index is 13.5. The number of allylic oxidation sites excluding steroid dienone is 22. The van der Waals surface area contributed by atoms with Gasteiger partial charge in [0.2, 0.25) is 5.91 Å². The molecule has 1 amide bonds. The summed E-state index contributed by atoms with van der Waals surface area (Å²) in [6.45, 7) is 1.67. The van der Waals surface area contributed by atoms with Crippen LogP contribution in [0.15, 0.2) is 134 Å². The summed E-state index contributed by atoms with van der Waals surface area (Å²) in [6, 6.07) is -0.917. The molecule has 0 bridgehead atoms. The number of hydrogen-bond donors (Lipinski definition) is 12. The van der Waals surface area contributed by atoms with E-state index in [2.05, 4.69) is 153 Å². The van der Waals surface area contributed by atoms with Crippen LogP contribution in [0.2, 0.25) is 0 Å². The monoisotopic (exact) mass is 1470 g/mol. The van der Waals surface area contributed by atoms with Gasteiger partial charge in [-0.1, -0.05) is 295 Å². The Labute approximate surface area is 626 Å². The first-order chi connectivity index (χ1) is 50.8. The van der Waals surface area contributed by atoms with Gasteiger partial charge in [-0.3, -0.25) is 4.79 Å². The smallest absolute Gasteiger partial charge is 0.220 e. The molecule has 3 aliphatic heterocycles. The van der Waals surface area contributed by atoms with Crippen molar-refractivity contribution in [3.63, 3.8) is 0 Å². The Balaban J connectivity index is 1.38. The molecule has 0 saturated carbocycles. The molecule has 17 atom stereocenters. The maximum absolute atomic E-state index is 13.5. The average molecular weight is 1470 g/mol. The number of ether oxygens (including phenoxy) is 6. The van der Waals surface area contributed by atoms with Gasteiger partial charge >= 0.3 is 0 Å². The summed E-state index contributed by atoms with van der Waals surface area (Å²) in [6.07, 6.45) is 63.8. The van der Waals surface area contributed by atoms with Crippen LogP contribution in [-0.4, -0.2) is 193 Å². The van der Waals surface area contributed by atoms with E-state index in [0.717, 1.165) is 109 Å². The standard InChI is InChI=1S/C85H143NO18/c1-3-5-7-9-11-13-15-17-19-21-23-25-27-28-29-30-31-32-33-34-35-36-37-38-39-40-41-43-45-47-49-51-53-55-57-59-61-63-73(91)86-68(69(90)62-60-58-56-54-52-50-48-46-44-42-26-24-22-20-18-16-14-12-10-8-6-4-2)67-99-83-79(97)76(94)81(71(65-88)101-83)104-85-80(98)77(95)82(72(66-89)102-85)103-84-78(96)75(93)74(92)70(64-87)100-84/h5,7,11,13,17,19,23,25,28-29,31-32,34-35,37-38,40-41,45,47,51,53,68-72,74-85,87-90,92-98H,3-4,6,8-10,12,14-16,18,20-22,24,26-27,30,33,36,39,42-44,46,48-50,52,54-67H2,1-2H3,(H,86,91)/b7-5-,13-11-,19-17-,25-23-,29-28-,32-31-,35-34-,38-37-,41-40-,47-45-,53-51-. The molecule has 3 saturated heterocycles. The van der Waals surface area contributed by atoms with Crippen molar-refractivity contribution in [3.05, 3.63) is 134 Å². The van der Waals surface area contributed by atoms with E-state index >= 15 is 0 Å². The molecule has 12 N–H and O–H groups in total. The summed E-state index contributed by atoms with van der Waals surface area (Å²) in [5.41, 5.74) is 0. The summed E-state index contributed by atoms with van der Waals surface area (Å²) in [5, 5.41) is 121. The van der Waals surface area contributed by atoms with Gasteiger partial charge in [-0.2, -0.15) is 0 Å². The Morgan fingerprint density at radius 2 is 0.663 bits per heavy atom. The minimum Gasteiger partial charge on any atom is -0.394 e. The molecule has 0 aromatic heterocycles. The van der Waals surface area contributed by atoms with Crippen molar-refractivity contribution >= 4 is 5.91 Å². The molecule has 104 heavy (non-hydrogen) atoms. The zero-order valence-electron chi connectivity index (χ0n) is 63.7. The molecule has 17 unspecified atom stereocenters. The largest absolute Gasteiger partial charge is 0.394 e. The summed E-state index contributed by atoms with van der Waals surface area (Å²) >= 11 is 0. The van der Waals surface area contributed by atoms with Crippen molar-refractivity contribution in [3.8, 4) is 0 Å². The molecule has 3 heterocycles. The lowest BCUT2D eigenvalue weighted by atomic mass is 9.96. The zero-order valence-corrected chi connectivity index (χ0v) is 63.7. The molecule has 596 valence electrons. The van der Waals surface area contributed by atoms with Crippen LogP contribution in [0.5, 0.6) is 0 Å². The molecule has 0 spiro atoms. The second kappa shape index (κ2) is 63.8. The van der Waals surface area contributed by atoms with Gasteiger partial charge in [0.15, 0.2) is 18.9 Å². The Hall–Kier alpha value is -4.07. The molecular formula is C85H143NO18. The third-order valence-electron chi connectivity index (χ3n) is 19.2. The van der Waals surface area contributed by atoms with Crippen LogP contribution < -0.4 is 5.32 Å². The van der Waals surface area contributed by atoms with Gasteiger partial charge in [0, 0.05) is 6.42 Å². The van der Waals surface area contributed by atoms with E-state index in [4.69, 9.17) is 28.4 Å². The molecular weight excluding hydrogens is 1320 g/mol. The Kier molecular flexibility index (Phi) is 57.8. The van der Waals surface area contributed by atoms with Crippen LogP contribution in [0.3, 0.4) is 0 Å². The quantitative estimate of drug-likeness (QED) is 0.0199. The van der Waals surface area contributed by atoms with Crippen LogP contribution in [-0.2, 0) is 33.2 Å². The average Bonchev–Trinajstić information content (AvgIpc) is 0.783. The lowest BCUT2D eigenvalue weighted by molar-refractivity contribution is -0.379. The number of aliphatic hydroxyl groups is 11. The molecule has 0 aliphatic carbocycles. The van der Waals surface area contributed by atoms with Crippen LogP contribution in [0, 0.1) is 0 Å². The van der Waals surface area contributed by atoms with Crippen molar-refractivity contribution in [1.82, 2.24) is 5.32 Å². The van der Waals surface area contributed by atoms with Crippen LogP contribution >= 0.6 is 0 Å². The minimum atomic E-state index is -1.98. The number of aliphatic hydroxyl groups excluding tert-OH is 11. The third kappa shape index (κ3) is 43.2. The normalized spacial score (nSPS) is 26.6. The number of nitrogens with one attached hydrogen (secondary N) is 1. The van der Waals surface area contributed by atoms with E-state index in [1.54, 1.807) is 0 Å². The van der Waals surface area contributed by atoms with Gasteiger partial charge in [0.25, 0.3) is 0 Å². The Morgan fingerprint density at radius 1 is 0.356 bits per heavy atom. The Bertz CT molecular complexity index is 2400. The first-order valence-electron chi connectivity index (χ1n) is 40.4. The maximum Gasteiger partial charge on any atom is 0.220 e. The predicted octanol–water partition coefficient (Wildman–Crippen LogP) is 13.7. The molecule has 19 heteroatoms. The topological polar surface area (TPSA) is 307 Å². The lowest BCUT2D eigenvalue weighted by Gasteiger charge is -2.48. The number of amides is 1. The van der Waals surface area contributed by atoms with Gasteiger partial charge < -0.3 is 89.9 Å². The van der Waals surface area contributed by atoms with E-state index in [0.29, 0.717) is 19.3 Å². The fourth-order valence-electron chi connectivity index (χ4n) is 12.8. The minimum absolute atomic E-state index is 0.218. The van der Waals surface area contributed by atoms with Gasteiger partial charge in [-0.15, -0.1) is 0 Å². The highest BCUT2D eigenvalue weighted by atomic mass is 16.8. The summed E-state index contributed by atoms with van der Waals surface area (Å²) in [7, 11) is 0. The van der Waals surface area contributed by atoms with Gasteiger partial charge in [0.05, 0.1) is 38.6 Å². The Morgan fingerprint density at radius 3 is 1.03 bits per heavy atom. The fraction of sp³-hybridized carbons (Fsp3) is 0.729. The highest BCUT2D eigenvalue weighted by molar-refractivity contribution is 5.76. The summed E-state index contributed by atoms with van der Waals surface area (Å²) < 4.78 is 34.5. The van der Waals surface area contributed by atoms with E-state index in [1.165, 1.54) is 116 Å². The number of unbranched alkanes of at least 4 members (excludes halogenated alkanes) is 24. The van der Waals surface area contributed by atoms with Crippen molar-refractivity contribution in [1.29, 1.82) is 0 Å². The second-order valence-corrected chi connectivity index (χ2v) is 28.2. The second-order valence-electron chi connectivity index (χ2n) is 28.2. The predicted molar refractivity (Wildman–Crippen MR) is 415 cm³/mol. The van der Waals surface area contributed by atoms with Crippen molar-refractivity contribution in [2.45, 2.75) is 369 Å². The van der Waals surface area contributed by atoms with Crippen molar-refractivity contribution in [2.75, 3.05) is 26.4 Å². The van der Waals surface area contributed by atoms with Gasteiger partial charge in [-0.05, 0) is 96.3 Å². The van der Waals surface area contributed by atoms with Crippen LogP contribution in [0.25, 0.3) is 0 Å². The van der Waals surface area contributed by atoms with Crippen molar-refractivity contribution < 1.29 is 89.4 Å². The first kappa shape index (κ1) is 94.1. The highest BCUT2D eigenvalue weighted by Gasteiger charge is 2.54. The van der Waals surface area contributed by atoms with Crippen molar-refractivity contribution in [2.24, 2.45) is 0 Å². The van der Waals surface area contributed by atoms with Gasteiger partial charge in [0.1, 0.15) is 73.2 Å². The number of rotatable bonds is 62. The molecule has 3 rings (SSSR count). The first-order valence-corrected chi connectivity index (χ1v) is 40.4. The highest BCUT2D eigenvalue weighted by Crippen LogP contribution is 2.33. The zero-order chi connectivity index (χ0) is 75.3. The summed E-state index contributed by atoms with van der Waals surface area (Å²) in [5.74, 6) is -0.278. The number of carbonyl (C=O) groups is 1. The fourth-order valence-corrected chi connectivity index (χ4v) is 12.8. The lowest BCUT2D eigenvalue weighted by Crippen LogP contribution is -2.66. The van der Waals surface area contributed by atoms with Crippen LogP contribution in [0.1, 0.15) is 264 Å². The molecule has 3 aliphatic rings. The number of hydrogen-bond acceptors (Lipinski definition) is 18. The van der Waals surface area contributed by atoms with E-state index in [1.807, 2.05) is 0 Å². The van der Waals surface area contributed by atoms with Crippen LogP contribution in [0.4, 0.5) is 0 Å². The third-order valence-corrected chi connectivity index (χ3v) is 19.2. The SMILES string of the molecule is CC/C=C\C/C=C\C/C=C\C/C=C\C/C=C\C/C=C\C/C=C\C/C=C\C/C=C\C/C=C\C/C=C\CCCCCC(=O)NC(COC1OC(CO)C(OC2OC(CO)C(OC3OC(CO)C(O)C(O)C3O)C(O)C2O)C(O)C1O)C(O)CCCCCCCCCCCCCCCCCCCCCCCC. The molecule has 0 aromatic rings. The van der Waals surface area contributed by atoms with E-state index in [9.17, 15) is 61.0 Å². The summed E-state index contributed by atoms with van der Waals surface area (Å²) in [4.78, 5) is 13.5. The molecule has 3 fully saturated rings. The molecule has 0 aromatic carbocycles. The molecule has 0 radical (unpaired) electrons. The van der Waals surface area contributed by atoms with E-state index in [-0.39, 0.29) is 18.9 Å². The van der Waals surface area contributed by atoms with Gasteiger partial charge in [-0.25, -0.2) is 0 Å². The van der Waals surface area contributed by atoms with E-state index < -0.39 is 124 Å².